The molecular formula is C23H23FN6O2S2. The highest BCUT2D eigenvalue weighted by Gasteiger charge is 2.22. The van der Waals surface area contributed by atoms with Gasteiger partial charge in [-0.3, -0.25) is 14.7 Å². The summed E-state index contributed by atoms with van der Waals surface area (Å²) in [4.78, 5) is 12.5. The van der Waals surface area contributed by atoms with Crippen LogP contribution in [0.3, 0.4) is 0 Å². The highest BCUT2D eigenvalue weighted by atomic mass is 32.2. The highest BCUT2D eigenvalue weighted by Crippen LogP contribution is 2.28. The van der Waals surface area contributed by atoms with Gasteiger partial charge in [0.2, 0.25) is 11.0 Å². The Labute approximate surface area is 204 Å². The average Bonchev–Trinajstić information content (AvgIpc) is 3.47. The Bertz CT molecular complexity index is 1230. The zero-order valence-corrected chi connectivity index (χ0v) is 20.3. The number of anilines is 1. The minimum absolute atomic E-state index is 0.126. The molecule has 0 saturated heterocycles. The lowest BCUT2D eigenvalue weighted by atomic mass is 10.3. The number of para-hydroxylation sites is 1. The summed E-state index contributed by atoms with van der Waals surface area (Å²) in [6.07, 6.45) is 1.34. The van der Waals surface area contributed by atoms with Crippen LogP contribution in [-0.4, -0.2) is 36.6 Å². The first-order valence-corrected chi connectivity index (χ1v) is 12.5. The van der Waals surface area contributed by atoms with E-state index in [9.17, 15) is 9.18 Å². The third-order valence-corrected chi connectivity index (χ3v) is 6.50. The Hall–Kier alpha value is -3.31. The molecule has 0 bridgehead atoms. The van der Waals surface area contributed by atoms with Crippen LogP contribution >= 0.6 is 23.1 Å². The van der Waals surface area contributed by atoms with E-state index in [-0.39, 0.29) is 17.5 Å². The number of benzene rings is 2. The van der Waals surface area contributed by atoms with E-state index >= 15 is 0 Å². The second-order valence-electron chi connectivity index (χ2n) is 7.31. The molecule has 11 heteroatoms. The molecule has 0 radical (unpaired) electrons. The number of carbonyl (C=O) groups excluding carboxylic acids is 1. The van der Waals surface area contributed by atoms with E-state index < -0.39 is 6.10 Å². The van der Waals surface area contributed by atoms with Gasteiger partial charge in [-0.1, -0.05) is 48.2 Å². The second-order valence-corrected chi connectivity index (χ2v) is 9.32. The number of nitrogens with zero attached hydrogens (tertiary/aromatic N) is 5. The van der Waals surface area contributed by atoms with Gasteiger partial charge in [0.15, 0.2) is 17.1 Å². The van der Waals surface area contributed by atoms with Gasteiger partial charge in [-0.05, 0) is 49.7 Å². The summed E-state index contributed by atoms with van der Waals surface area (Å²) in [5.74, 6) is 0.667. The van der Waals surface area contributed by atoms with E-state index in [2.05, 4.69) is 32.6 Å². The number of aromatic nitrogens is 5. The van der Waals surface area contributed by atoms with Crippen LogP contribution in [0.2, 0.25) is 0 Å². The fourth-order valence-corrected chi connectivity index (χ4v) is 4.75. The molecule has 2 aromatic heterocycles. The number of hydrogen-bond acceptors (Lipinski definition) is 8. The molecule has 4 aromatic rings. The molecule has 4 rings (SSSR count). The summed E-state index contributed by atoms with van der Waals surface area (Å²) in [7, 11) is 0. The Kier molecular flexibility index (Phi) is 7.86. The van der Waals surface area contributed by atoms with Gasteiger partial charge in [-0.2, -0.15) is 0 Å². The number of thioether (sulfide) groups is 1. The minimum Gasteiger partial charge on any atom is -0.483 e. The number of amides is 1. The lowest BCUT2D eigenvalue weighted by Gasteiger charge is -2.16. The second kappa shape index (κ2) is 11.2. The van der Waals surface area contributed by atoms with E-state index in [0.29, 0.717) is 21.9 Å². The van der Waals surface area contributed by atoms with E-state index in [1.165, 1.54) is 35.2 Å². The molecule has 0 aliphatic rings. The summed E-state index contributed by atoms with van der Waals surface area (Å²) in [5.41, 5.74) is 0.841. The third kappa shape index (κ3) is 5.97. The number of aryl methyl sites for hydroxylation is 1. The predicted octanol–water partition coefficient (Wildman–Crippen LogP) is 5.08. The van der Waals surface area contributed by atoms with Crippen molar-refractivity contribution < 1.29 is 13.9 Å². The summed E-state index contributed by atoms with van der Waals surface area (Å²) in [6, 6.07) is 15.4. The molecule has 0 aliphatic heterocycles. The molecule has 34 heavy (non-hydrogen) atoms. The quantitative estimate of drug-likeness (QED) is 0.305. The van der Waals surface area contributed by atoms with Crippen LogP contribution in [0.25, 0.3) is 5.69 Å². The standard InChI is InChI=1S/C23H23FN6O2S2/c1-3-7-20-26-28-22(34-20)25-19(31)14-33-23-29-27-21(30(23)17-8-5-4-6-9-17)15(2)32-18-12-10-16(24)11-13-18/h4-6,8-13,15H,3,7,14H2,1-2H3,(H,25,28,31). The summed E-state index contributed by atoms with van der Waals surface area (Å²) in [5, 5.41) is 21.5. The largest absolute Gasteiger partial charge is 0.483 e. The minimum atomic E-state index is -0.472. The van der Waals surface area contributed by atoms with Crippen molar-refractivity contribution in [2.75, 3.05) is 11.1 Å². The van der Waals surface area contributed by atoms with Crippen LogP contribution in [0, 0.1) is 5.82 Å². The van der Waals surface area contributed by atoms with Gasteiger partial charge in [0.05, 0.1) is 5.75 Å². The Morgan fingerprint density at radius 3 is 2.62 bits per heavy atom. The molecule has 1 N–H and O–H groups in total. The molecule has 2 aromatic carbocycles. The van der Waals surface area contributed by atoms with Crippen molar-refractivity contribution >= 4 is 34.1 Å². The molecule has 0 fully saturated rings. The number of carbonyl (C=O) groups is 1. The van der Waals surface area contributed by atoms with Crippen LogP contribution in [-0.2, 0) is 11.2 Å². The van der Waals surface area contributed by atoms with Crippen LogP contribution in [0.5, 0.6) is 5.75 Å². The van der Waals surface area contributed by atoms with Crippen molar-refractivity contribution in [1.29, 1.82) is 0 Å². The monoisotopic (exact) mass is 498 g/mol. The fourth-order valence-electron chi connectivity index (χ4n) is 3.13. The van der Waals surface area contributed by atoms with Gasteiger partial charge in [-0.15, -0.1) is 20.4 Å². The molecule has 0 saturated carbocycles. The topological polar surface area (TPSA) is 94.8 Å². The third-order valence-electron chi connectivity index (χ3n) is 4.67. The zero-order chi connectivity index (χ0) is 23.9. The van der Waals surface area contributed by atoms with Crippen LogP contribution in [0.1, 0.15) is 37.2 Å². The Balaban J connectivity index is 1.49. The number of hydrogen-bond donors (Lipinski definition) is 1. The first kappa shape index (κ1) is 23.8. The normalized spacial score (nSPS) is 11.9. The van der Waals surface area contributed by atoms with E-state index in [0.717, 1.165) is 23.5 Å². The molecule has 1 amide bonds. The van der Waals surface area contributed by atoms with Crippen molar-refractivity contribution in [2.24, 2.45) is 0 Å². The van der Waals surface area contributed by atoms with Gasteiger partial charge < -0.3 is 4.74 Å². The van der Waals surface area contributed by atoms with E-state index in [4.69, 9.17) is 4.74 Å². The average molecular weight is 499 g/mol. The molecule has 0 aliphatic carbocycles. The first-order valence-electron chi connectivity index (χ1n) is 10.7. The van der Waals surface area contributed by atoms with Crippen molar-refractivity contribution in [2.45, 2.75) is 37.9 Å². The fraction of sp³-hybridized carbons (Fsp3) is 0.261. The maximum atomic E-state index is 13.2. The number of rotatable bonds is 10. The van der Waals surface area contributed by atoms with Crippen molar-refractivity contribution in [3.63, 3.8) is 0 Å². The number of halogens is 1. The Morgan fingerprint density at radius 1 is 1.12 bits per heavy atom. The molecule has 0 spiro atoms. The SMILES string of the molecule is CCCc1nnc(NC(=O)CSc2nnc(C(C)Oc3ccc(F)cc3)n2-c2ccccc2)s1. The van der Waals surface area contributed by atoms with Gasteiger partial charge in [0.1, 0.15) is 16.6 Å². The maximum absolute atomic E-state index is 13.2. The first-order chi connectivity index (χ1) is 16.5. The number of ether oxygens (including phenoxy) is 1. The molecule has 176 valence electrons. The van der Waals surface area contributed by atoms with Gasteiger partial charge in [0, 0.05) is 12.1 Å². The smallest absolute Gasteiger partial charge is 0.236 e. The van der Waals surface area contributed by atoms with Gasteiger partial charge in [-0.25, -0.2) is 4.39 Å². The van der Waals surface area contributed by atoms with Crippen LogP contribution in [0.15, 0.2) is 59.8 Å². The van der Waals surface area contributed by atoms with E-state index in [1.807, 2.05) is 41.8 Å². The number of nitrogens with one attached hydrogen (secondary N) is 1. The van der Waals surface area contributed by atoms with Crippen LogP contribution < -0.4 is 10.1 Å². The van der Waals surface area contributed by atoms with Crippen molar-refractivity contribution in [3.05, 3.63) is 71.2 Å². The maximum Gasteiger partial charge on any atom is 0.236 e. The summed E-state index contributed by atoms with van der Waals surface area (Å²) in [6.45, 7) is 3.91. The molecule has 1 unspecified atom stereocenters. The predicted molar refractivity (Wildman–Crippen MR) is 130 cm³/mol. The highest BCUT2D eigenvalue weighted by molar-refractivity contribution is 7.99. The van der Waals surface area contributed by atoms with Crippen LogP contribution in [0.4, 0.5) is 9.52 Å². The summed E-state index contributed by atoms with van der Waals surface area (Å²) < 4.78 is 21.1. The lowest BCUT2D eigenvalue weighted by molar-refractivity contribution is -0.113. The summed E-state index contributed by atoms with van der Waals surface area (Å²) >= 11 is 2.64. The van der Waals surface area contributed by atoms with Gasteiger partial charge in [0.25, 0.3) is 0 Å². The molecule has 1 atom stereocenters. The molecule has 8 nitrogen and oxygen atoms in total. The lowest BCUT2D eigenvalue weighted by Crippen LogP contribution is -2.15. The van der Waals surface area contributed by atoms with E-state index in [1.54, 1.807) is 12.1 Å². The van der Waals surface area contributed by atoms with Crippen molar-refractivity contribution in [1.82, 2.24) is 25.0 Å². The zero-order valence-electron chi connectivity index (χ0n) is 18.6. The van der Waals surface area contributed by atoms with Crippen molar-refractivity contribution in [3.8, 4) is 11.4 Å². The molecular weight excluding hydrogens is 475 g/mol. The van der Waals surface area contributed by atoms with Gasteiger partial charge >= 0.3 is 0 Å². The molecule has 2 heterocycles. The Morgan fingerprint density at radius 2 is 1.88 bits per heavy atom.